The lowest BCUT2D eigenvalue weighted by molar-refractivity contribution is -0.138. The van der Waals surface area contributed by atoms with Crippen molar-refractivity contribution in [2.24, 2.45) is 7.05 Å². The highest BCUT2D eigenvalue weighted by atomic mass is 19.4. The van der Waals surface area contributed by atoms with E-state index in [4.69, 9.17) is 0 Å². The number of alkyl halides is 3. The summed E-state index contributed by atoms with van der Waals surface area (Å²) >= 11 is 0. The van der Waals surface area contributed by atoms with E-state index in [1.54, 1.807) is 28.8 Å². The lowest BCUT2D eigenvalue weighted by Crippen LogP contribution is -2.51. The molecule has 1 fully saturated rings. The smallest absolute Gasteiger partial charge is 0.369 e. The molecule has 1 unspecified atom stereocenters. The molecule has 3 heterocycles. The Balaban J connectivity index is 1.41. The number of nitrogens with zero attached hydrogens (tertiary/aromatic N) is 5. The van der Waals surface area contributed by atoms with Crippen molar-refractivity contribution in [2.75, 3.05) is 22.9 Å². The maximum Gasteiger partial charge on any atom is 0.416 e. The van der Waals surface area contributed by atoms with Gasteiger partial charge in [-0.1, -0.05) is 30.3 Å². The molecule has 0 N–H and O–H groups in total. The number of hydrogen-bond acceptors (Lipinski definition) is 3. The fourth-order valence-corrected chi connectivity index (χ4v) is 5.53. The van der Waals surface area contributed by atoms with Crippen molar-refractivity contribution >= 4 is 17.5 Å². The van der Waals surface area contributed by atoms with Gasteiger partial charge in [-0.05, 0) is 49.4 Å². The van der Waals surface area contributed by atoms with Gasteiger partial charge >= 0.3 is 12.2 Å². The molecule has 0 aliphatic carbocycles. The van der Waals surface area contributed by atoms with E-state index in [1.807, 2.05) is 24.1 Å². The van der Waals surface area contributed by atoms with Crippen LogP contribution in [0.25, 0.3) is 0 Å². The molecule has 1 atom stereocenters. The third-order valence-corrected chi connectivity index (χ3v) is 7.25. The Morgan fingerprint density at radius 2 is 1.84 bits per heavy atom. The van der Waals surface area contributed by atoms with Crippen molar-refractivity contribution in [1.82, 2.24) is 14.7 Å². The molecule has 0 spiro atoms. The van der Waals surface area contributed by atoms with Crippen molar-refractivity contribution in [3.63, 3.8) is 0 Å². The van der Waals surface area contributed by atoms with Crippen LogP contribution in [0.15, 0.2) is 48.7 Å². The minimum atomic E-state index is -4.53. The fourth-order valence-electron chi connectivity index (χ4n) is 5.53. The van der Waals surface area contributed by atoms with Gasteiger partial charge in [-0.25, -0.2) is 9.18 Å². The summed E-state index contributed by atoms with van der Waals surface area (Å²) in [5, 5.41) is 4.40. The van der Waals surface area contributed by atoms with Gasteiger partial charge in [-0.2, -0.15) is 18.3 Å². The van der Waals surface area contributed by atoms with Gasteiger partial charge in [0.05, 0.1) is 24.3 Å². The zero-order valence-electron chi connectivity index (χ0n) is 20.8. The number of aryl methyl sites for hydroxylation is 2. The summed E-state index contributed by atoms with van der Waals surface area (Å²) in [6, 6.07) is 9.87. The summed E-state index contributed by atoms with van der Waals surface area (Å²) in [6.07, 6.45) is -0.611. The molecule has 6 nitrogen and oxygen atoms in total. The minimum Gasteiger partial charge on any atom is -0.369 e. The van der Waals surface area contributed by atoms with Gasteiger partial charge in [0.25, 0.3) is 0 Å². The first-order valence-corrected chi connectivity index (χ1v) is 12.4. The Bertz CT molecular complexity index is 1280. The molecular weight excluding hydrogens is 486 g/mol. The number of benzene rings is 2. The van der Waals surface area contributed by atoms with Gasteiger partial charge in [-0.15, -0.1) is 0 Å². The predicted octanol–water partition coefficient (Wildman–Crippen LogP) is 5.89. The van der Waals surface area contributed by atoms with E-state index < -0.39 is 11.7 Å². The molecule has 2 aromatic carbocycles. The summed E-state index contributed by atoms with van der Waals surface area (Å²) in [4.78, 5) is 18.9. The molecular formula is C27H29F4N5O. The molecule has 10 heteroatoms. The maximum absolute atomic E-state index is 14.6. The Hall–Kier alpha value is -3.56. The van der Waals surface area contributed by atoms with Crippen molar-refractivity contribution in [3.05, 3.63) is 76.7 Å². The molecule has 37 heavy (non-hydrogen) atoms. The minimum absolute atomic E-state index is 0.0175. The second-order valence-corrected chi connectivity index (χ2v) is 9.78. The van der Waals surface area contributed by atoms with Crippen LogP contribution in [0, 0.1) is 12.7 Å². The number of carbonyl (C=O) groups excluding carboxylic acids is 1. The molecule has 1 aromatic heterocycles. The monoisotopic (exact) mass is 515 g/mol. The van der Waals surface area contributed by atoms with Crippen molar-refractivity contribution in [3.8, 4) is 0 Å². The molecule has 5 rings (SSSR count). The second-order valence-electron chi connectivity index (χ2n) is 9.78. The van der Waals surface area contributed by atoms with Gasteiger partial charge < -0.3 is 9.80 Å². The van der Waals surface area contributed by atoms with Gasteiger partial charge in [0.1, 0.15) is 5.82 Å². The number of carbonyl (C=O) groups is 1. The van der Waals surface area contributed by atoms with Crippen LogP contribution < -0.4 is 9.80 Å². The van der Waals surface area contributed by atoms with Crippen LogP contribution in [-0.2, 0) is 26.3 Å². The van der Waals surface area contributed by atoms with Crippen LogP contribution in [0.3, 0.4) is 0 Å². The lowest BCUT2D eigenvalue weighted by Gasteiger charge is -2.39. The largest absolute Gasteiger partial charge is 0.416 e. The first-order valence-electron chi connectivity index (χ1n) is 12.4. The second kappa shape index (κ2) is 9.72. The van der Waals surface area contributed by atoms with E-state index in [1.165, 1.54) is 23.1 Å². The van der Waals surface area contributed by atoms with E-state index >= 15 is 0 Å². The van der Waals surface area contributed by atoms with Crippen LogP contribution in [0.2, 0.25) is 0 Å². The topological polar surface area (TPSA) is 44.6 Å². The number of hydrogen-bond donors (Lipinski definition) is 0. The summed E-state index contributed by atoms with van der Waals surface area (Å²) in [5.74, 6) is 0.125. The molecule has 3 aromatic rings. The SMILES string of the molecule is Cc1cccc(F)c1N1CCCC(N2Cc3cn(C)nc3N(Cc3ccccc3C(F)(F)F)C2=O)CC1. The molecule has 0 radical (unpaired) electrons. The van der Waals surface area contributed by atoms with Crippen LogP contribution in [0.4, 0.5) is 33.9 Å². The molecule has 0 bridgehead atoms. The van der Waals surface area contributed by atoms with E-state index in [9.17, 15) is 22.4 Å². The van der Waals surface area contributed by atoms with Gasteiger partial charge in [-0.3, -0.25) is 9.58 Å². The fraction of sp³-hybridized carbons (Fsp3) is 0.407. The third kappa shape index (κ3) is 4.89. The molecule has 2 aliphatic heterocycles. The first-order chi connectivity index (χ1) is 17.6. The summed E-state index contributed by atoms with van der Waals surface area (Å²) in [7, 11) is 1.73. The molecule has 2 aliphatic rings. The summed E-state index contributed by atoms with van der Waals surface area (Å²) in [5.41, 5.74) is 1.50. The van der Waals surface area contributed by atoms with E-state index in [2.05, 4.69) is 5.10 Å². The number of anilines is 2. The van der Waals surface area contributed by atoms with Crippen molar-refractivity contribution < 1.29 is 22.4 Å². The average molecular weight is 516 g/mol. The summed E-state index contributed by atoms with van der Waals surface area (Å²) in [6.45, 7) is 3.23. The first kappa shape index (κ1) is 25.1. The van der Waals surface area contributed by atoms with Crippen LogP contribution in [0.1, 0.15) is 41.5 Å². The van der Waals surface area contributed by atoms with Crippen LogP contribution in [0.5, 0.6) is 0 Å². The Morgan fingerprint density at radius 1 is 1.05 bits per heavy atom. The van der Waals surface area contributed by atoms with E-state index in [0.29, 0.717) is 37.6 Å². The lowest BCUT2D eigenvalue weighted by atomic mass is 10.0. The van der Waals surface area contributed by atoms with Gasteiger partial charge in [0.2, 0.25) is 0 Å². The van der Waals surface area contributed by atoms with Gasteiger partial charge in [0.15, 0.2) is 5.82 Å². The number of aromatic nitrogens is 2. The van der Waals surface area contributed by atoms with E-state index in [-0.39, 0.29) is 30.0 Å². The molecule has 196 valence electrons. The quantitative estimate of drug-likeness (QED) is 0.407. The molecule has 2 amide bonds. The number of amides is 2. The van der Waals surface area contributed by atoms with Crippen molar-refractivity contribution in [2.45, 2.75) is 51.5 Å². The van der Waals surface area contributed by atoms with Crippen LogP contribution >= 0.6 is 0 Å². The Kier molecular flexibility index (Phi) is 6.59. The highest BCUT2D eigenvalue weighted by Crippen LogP contribution is 2.36. The number of rotatable bonds is 4. The highest BCUT2D eigenvalue weighted by Gasteiger charge is 2.39. The zero-order chi connectivity index (χ0) is 26.3. The number of fused-ring (bicyclic) bond motifs is 1. The normalized spacial score (nSPS) is 18.7. The number of urea groups is 1. The Labute approximate surface area is 213 Å². The third-order valence-electron chi connectivity index (χ3n) is 7.25. The highest BCUT2D eigenvalue weighted by molar-refractivity contribution is 5.94. The zero-order valence-corrected chi connectivity index (χ0v) is 20.8. The number of para-hydroxylation sites is 1. The number of halogens is 4. The standard InChI is InChI=1S/C27H29F4N5O/c1-18-7-5-11-23(28)24(18)34-13-6-9-21(12-14-34)35-17-20-15-33(2)32-25(20)36(26(35)37)16-19-8-3-4-10-22(19)27(29,30)31/h3-5,7-8,10-11,15,21H,6,9,12-14,16-17H2,1-2H3. The summed E-state index contributed by atoms with van der Waals surface area (Å²) < 4.78 is 57.2. The average Bonchev–Trinajstić information content (AvgIpc) is 3.05. The Morgan fingerprint density at radius 3 is 2.59 bits per heavy atom. The van der Waals surface area contributed by atoms with Crippen LogP contribution in [-0.4, -0.2) is 39.8 Å². The molecule has 1 saturated heterocycles. The molecule has 0 saturated carbocycles. The predicted molar refractivity (Wildman–Crippen MR) is 133 cm³/mol. The van der Waals surface area contributed by atoms with Crippen molar-refractivity contribution in [1.29, 1.82) is 0 Å². The van der Waals surface area contributed by atoms with Gasteiger partial charge in [0, 0.05) is 37.9 Å². The van der Waals surface area contributed by atoms with E-state index in [0.717, 1.165) is 30.0 Å². The maximum atomic E-state index is 14.6.